The predicted molar refractivity (Wildman–Crippen MR) is 109 cm³/mol. The molecule has 0 saturated carbocycles. The first kappa shape index (κ1) is 18.0. The van der Waals surface area contributed by atoms with Crippen LogP contribution in [0.5, 0.6) is 0 Å². The van der Waals surface area contributed by atoms with Crippen LogP contribution in [-0.4, -0.2) is 47.0 Å². The van der Waals surface area contributed by atoms with Gasteiger partial charge in [0.05, 0.1) is 27.3 Å². The van der Waals surface area contributed by atoms with Crippen molar-refractivity contribution in [3.05, 3.63) is 63.8 Å². The maximum atomic E-state index is 12.8. The summed E-state index contributed by atoms with van der Waals surface area (Å²) in [6, 6.07) is 12.8. The van der Waals surface area contributed by atoms with E-state index in [1.54, 1.807) is 23.1 Å². The molecule has 0 unspecified atom stereocenters. The van der Waals surface area contributed by atoms with Crippen molar-refractivity contribution in [2.45, 2.75) is 6.92 Å². The molecule has 2 heterocycles. The van der Waals surface area contributed by atoms with Gasteiger partial charge in [0.15, 0.2) is 5.82 Å². The molecule has 1 aromatic heterocycles. The Hall–Kier alpha value is -2.37. The molecule has 0 bridgehead atoms. The Bertz CT molecular complexity index is 1020. The zero-order chi connectivity index (χ0) is 19.0. The molecule has 2 aromatic carbocycles. The Labute approximate surface area is 167 Å². The van der Waals surface area contributed by atoms with Gasteiger partial charge in [-0.2, -0.15) is 0 Å². The van der Waals surface area contributed by atoms with E-state index < -0.39 is 0 Å². The van der Waals surface area contributed by atoms with Gasteiger partial charge in [-0.05, 0) is 37.3 Å². The number of halogens is 2. The molecule has 138 valence electrons. The molecule has 1 aliphatic heterocycles. The van der Waals surface area contributed by atoms with Crippen molar-refractivity contribution >= 4 is 46.0 Å². The third-order valence-electron chi connectivity index (χ3n) is 4.75. The second kappa shape index (κ2) is 7.33. The van der Waals surface area contributed by atoms with E-state index in [1.807, 2.05) is 31.2 Å². The second-order valence-electron chi connectivity index (χ2n) is 6.52. The molecule has 5 nitrogen and oxygen atoms in total. The number of amides is 1. The highest BCUT2D eigenvalue weighted by molar-refractivity contribution is 6.35. The number of rotatable bonds is 2. The lowest BCUT2D eigenvalue weighted by molar-refractivity contribution is 0.0746. The number of carbonyl (C=O) groups excluding carboxylic acids is 1. The molecule has 3 aromatic rings. The average Bonchev–Trinajstić information content (AvgIpc) is 2.69. The molecule has 0 radical (unpaired) electrons. The van der Waals surface area contributed by atoms with E-state index in [1.165, 1.54) is 0 Å². The minimum atomic E-state index is -0.0940. The van der Waals surface area contributed by atoms with Crippen LogP contribution in [0.25, 0.3) is 11.0 Å². The molecule has 1 amide bonds. The van der Waals surface area contributed by atoms with Crippen molar-refractivity contribution < 1.29 is 4.79 Å². The van der Waals surface area contributed by atoms with E-state index in [9.17, 15) is 4.79 Å². The second-order valence-corrected chi connectivity index (χ2v) is 7.37. The Balaban J connectivity index is 1.51. The van der Waals surface area contributed by atoms with Gasteiger partial charge < -0.3 is 9.80 Å². The summed E-state index contributed by atoms with van der Waals surface area (Å²) in [7, 11) is 0. The fraction of sp³-hybridized carbons (Fsp3) is 0.250. The lowest BCUT2D eigenvalue weighted by atomic mass is 10.1. The molecule has 0 spiro atoms. The van der Waals surface area contributed by atoms with E-state index in [-0.39, 0.29) is 5.91 Å². The van der Waals surface area contributed by atoms with Crippen LogP contribution < -0.4 is 4.90 Å². The molecule has 7 heteroatoms. The molecular weight excluding hydrogens is 383 g/mol. The third-order valence-corrected chi connectivity index (χ3v) is 5.31. The molecule has 0 atom stereocenters. The molecule has 1 aliphatic rings. The van der Waals surface area contributed by atoms with Gasteiger partial charge in [-0.1, -0.05) is 35.3 Å². The van der Waals surface area contributed by atoms with Crippen LogP contribution in [0.2, 0.25) is 10.0 Å². The van der Waals surface area contributed by atoms with Crippen LogP contribution in [0.1, 0.15) is 16.1 Å². The number of fused-ring (bicyclic) bond motifs is 1. The van der Waals surface area contributed by atoms with Crippen molar-refractivity contribution in [1.29, 1.82) is 0 Å². The Morgan fingerprint density at radius 3 is 2.33 bits per heavy atom. The van der Waals surface area contributed by atoms with E-state index in [4.69, 9.17) is 28.2 Å². The van der Waals surface area contributed by atoms with Crippen LogP contribution >= 0.6 is 23.2 Å². The van der Waals surface area contributed by atoms with Crippen molar-refractivity contribution in [3.8, 4) is 0 Å². The molecule has 4 rings (SSSR count). The lowest BCUT2D eigenvalue weighted by Gasteiger charge is -2.36. The molecule has 0 aliphatic carbocycles. The summed E-state index contributed by atoms with van der Waals surface area (Å²) in [4.78, 5) is 26.2. The molecular formula is C20H18Cl2N4O. The Morgan fingerprint density at radius 1 is 0.963 bits per heavy atom. The minimum Gasteiger partial charge on any atom is -0.352 e. The first-order valence-electron chi connectivity index (χ1n) is 8.75. The Morgan fingerprint density at radius 2 is 1.63 bits per heavy atom. The minimum absolute atomic E-state index is 0.0940. The molecule has 27 heavy (non-hydrogen) atoms. The lowest BCUT2D eigenvalue weighted by Crippen LogP contribution is -2.49. The number of hydrogen-bond donors (Lipinski definition) is 0. The largest absolute Gasteiger partial charge is 0.352 e. The monoisotopic (exact) mass is 400 g/mol. The van der Waals surface area contributed by atoms with Crippen LogP contribution in [0.4, 0.5) is 5.82 Å². The normalized spacial score (nSPS) is 14.6. The highest BCUT2D eigenvalue weighted by Crippen LogP contribution is 2.24. The summed E-state index contributed by atoms with van der Waals surface area (Å²) < 4.78 is 0. The quantitative estimate of drug-likeness (QED) is 0.646. The maximum absolute atomic E-state index is 12.8. The van der Waals surface area contributed by atoms with Crippen molar-refractivity contribution in [3.63, 3.8) is 0 Å². The predicted octanol–water partition coefficient (Wildman–Crippen LogP) is 4.21. The van der Waals surface area contributed by atoms with Crippen molar-refractivity contribution in [2.24, 2.45) is 0 Å². The van der Waals surface area contributed by atoms with Crippen LogP contribution in [0.15, 0.2) is 42.5 Å². The van der Waals surface area contributed by atoms with Gasteiger partial charge in [0, 0.05) is 31.2 Å². The summed E-state index contributed by atoms with van der Waals surface area (Å²) in [5.74, 6) is 0.782. The summed E-state index contributed by atoms with van der Waals surface area (Å²) >= 11 is 12.2. The van der Waals surface area contributed by atoms with Crippen LogP contribution in [-0.2, 0) is 0 Å². The highest BCUT2D eigenvalue weighted by atomic mass is 35.5. The van der Waals surface area contributed by atoms with E-state index >= 15 is 0 Å². The SMILES string of the molecule is Cc1nc2ccccc2nc1N1CCN(C(=O)c2cc(Cl)ccc2Cl)CC1. The number of carbonyl (C=O) groups is 1. The van der Waals surface area contributed by atoms with Gasteiger partial charge in [-0.15, -0.1) is 0 Å². The maximum Gasteiger partial charge on any atom is 0.255 e. The van der Waals surface area contributed by atoms with Crippen LogP contribution in [0.3, 0.4) is 0 Å². The summed E-state index contributed by atoms with van der Waals surface area (Å²) in [5, 5.41) is 0.923. The van der Waals surface area contributed by atoms with Gasteiger partial charge in [0.2, 0.25) is 0 Å². The highest BCUT2D eigenvalue weighted by Gasteiger charge is 2.25. The number of benzene rings is 2. The van der Waals surface area contributed by atoms with Gasteiger partial charge in [0.1, 0.15) is 0 Å². The number of para-hydroxylation sites is 2. The summed E-state index contributed by atoms with van der Waals surface area (Å²) in [6.45, 7) is 4.54. The summed E-state index contributed by atoms with van der Waals surface area (Å²) in [6.07, 6.45) is 0. The first-order chi connectivity index (χ1) is 13.0. The summed E-state index contributed by atoms with van der Waals surface area (Å²) in [5.41, 5.74) is 3.11. The standard InChI is InChI=1S/C20H18Cl2N4O/c1-13-19(24-18-5-3-2-4-17(18)23-13)25-8-10-26(11-9-25)20(27)15-12-14(21)6-7-16(15)22/h2-7,12H,8-11H2,1H3. The van der Waals surface area contributed by atoms with Gasteiger partial charge in [-0.25, -0.2) is 9.97 Å². The molecule has 1 fully saturated rings. The number of anilines is 1. The molecule has 0 N–H and O–H groups in total. The van der Waals surface area contributed by atoms with Gasteiger partial charge in [-0.3, -0.25) is 4.79 Å². The number of piperazine rings is 1. The zero-order valence-electron chi connectivity index (χ0n) is 14.8. The first-order valence-corrected chi connectivity index (χ1v) is 9.51. The van der Waals surface area contributed by atoms with Gasteiger partial charge in [0.25, 0.3) is 5.91 Å². The zero-order valence-corrected chi connectivity index (χ0v) is 16.3. The number of aryl methyl sites for hydroxylation is 1. The third kappa shape index (κ3) is 3.57. The van der Waals surface area contributed by atoms with E-state index in [0.717, 1.165) is 22.5 Å². The van der Waals surface area contributed by atoms with Crippen LogP contribution in [0, 0.1) is 6.92 Å². The number of nitrogens with zero attached hydrogens (tertiary/aromatic N) is 4. The average molecular weight is 401 g/mol. The number of aromatic nitrogens is 2. The van der Waals surface area contributed by atoms with Crippen molar-refractivity contribution in [2.75, 3.05) is 31.1 Å². The number of hydrogen-bond acceptors (Lipinski definition) is 4. The smallest absolute Gasteiger partial charge is 0.255 e. The molecule has 1 saturated heterocycles. The van der Waals surface area contributed by atoms with E-state index in [0.29, 0.717) is 41.8 Å². The topological polar surface area (TPSA) is 49.3 Å². The van der Waals surface area contributed by atoms with E-state index in [2.05, 4.69) is 9.88 Å². The van der Waals surface area contributed by atoms with Gasteiger partial charge >= 0.3 is 0 Å². The fourth-order valence-electron chi connectivity index (χ4n) is 3.33. The van der Waals surface area contributed by atoms with Crippen molar-refractivity contribution in [1.82, 2.24) is 14.9 Å². The Kier molecular flexibility index (Phi) is 4.89. The fourth-order valence-corrected chi connectivity index (χ4v) is 3.70.